The number of halogens is 1. The van der Waals surface area contributed by atoms with Crippen molar-refractivity contribution >= 4 is 33.2 Å². The number of nitro benzene ring substituents is 1. The number of anilines is 1. The highest BCUT2D eigenvalue weighted by atomic mass is 79.9. The highest BCUT2D eigenvalue weighted by Gasteiger charge is 2.28. The van der Waals surface area contributed by atoms with E-state index in [1.807, 2.05) is 24.3 Å². The van der Waals surface area contributed by atoms with Crippen molar-refractivity contribution in [2.75, 3.05) is 18.4 Å². The maximum absolute atomic E-state index is 12.9. The molecular weight excluding hydrogens is 478 g/mol. The van der Waals surface area contributed by atoms with Gasteiger partial charge < -0.3 is 9.84 Å². The highest BCUT2D eigenvalue weighted by molar-refractivity contribution is 9.10. The van der Waals surface area contributed by atoms with Crippen LogP contribution in [0.15, 0.2) is 51.5 Å². The lowest BCUT2D eigenvalue weighted by atomic mass is 9.97. The van der Waals surface area contributed by atoms with Crippen molar-refractivity contribution < 1.29 is 14.2 Å². The first-order valence-corrected chi connectivity index (χ1v) is 11.1. The maximum atomic E-state index is 12.9. The van der Waals surface area contributed by atoms with Crippen LogP contribution in [0, 0.1) is 23.0 Å². The van der Waals surface area contributed by atoms with Crippen LogP contribution in [0.3, 0.4) is 0 Å². The Morgan fingerprint density at radius 3 is 2.84 bits per heavy atom. The van der Waals surface area contributed by atoms with Gasteiger partial charge in [-0.05, 0) is 56.6 Å². The summed E-state index contributed by atoms with van der Waals surface area (Å²) in [6.07, 6.45) is 1.62. The fraction of sp³-hybridized carbons (Fsp3) is 0.318. The van der Waals surface area contributed by atoms with E-state index in [0.717, 1.165) is 29.4 Å². The monoisotopic (exact) mass is 499 g/mol. The molecule has 1 N–H and O–H groups in total. The van der Waals surface area contributed by atoms with Crippen LogP contribution in [0.4, 0.5) is 11.4 Å². The summed E-state index contributed by atoms with van der Waals surface area (Å²) in [6.45, 7) is 3.48. The first-order chi connectivity index (χ1) is 15.4. The molecule has 2 heterocycles. The predicted octanol–water partition coefficient (Wildman–Crippen LogP) is 4.57. The van der Waals surface area contributed by atoms with Crippen LogP contribution >= 0.6 is 15.9 Å². The lowest BCUT2D eigenvalue weighted by molar-refractivity contribution is -0.385. The molecule has 0 radical (unpaired) electrons. The zero-order valence-corrected chi connectivity index (χ0v) is 19.0. The molecule has 0 aliphatic carbocycles. The number of benzene rings is 2. The third-order valence-electron chi connectivity index (χ3n) is 5.57. The summed E-state index contributed by atoms with van der Waals surface area (Å²) in [5.41, 5.74) is 1.78. The first kappa shape index (κ1) is 22.1. The van der Waals surface area contributed by atoms with Crippen molar-refractivity contribution in [1.29, 1.82) is 0 Å². The van der Waals surface area contributed by atoms with E-state index >= 15 is 0 Å². The van der Waals surface area contributed by atoms with Gasteiger partial charge in [0.2, 0.25) is 17.6 Å². The Hall–Kier alpha value is -3.11. The third kappa shape index (κ3) is 5.03. The standard InChI is InChI=1S/C22H22BrN5O4/c1-14-18(5-2-6-19(14)28(30)31)24-22(29)16-4-3-11-27(12-16)13-20-25-21(26-32-20)15-7-9-17(23)10-8-15/h2,5-10,16H,3-4,11-13H2,1H3,(H,24,29). The molecule has 0 bridgehead atoms. The van der Waals surface area contributed by atoms with Crippen LogP contribution in [0.2, 0.25) is 0 Å². The number of carbonyl (C=O) groups excluding carboxylic acids is 1. The fourth-order valence-corrected chi connectivity index (χ4v) is 4.10. The van der Waals surface area contributed by atoms with Gasteiger partial charge in [0.15, 0.2) is 0 Å². The van der Waals surface area contributed by atoms with Gasteiger partial charge in [-0.25, -0.2) is 0 Å². The van der Waals surface area contributed by atoms with Crippen LogP contribution in [0.5, 0.6) is 0 Å². The minimum atomic E-state index is -0.444. The van der Waals surface area contributed by atoms with Crippen LogP contribution in [-0.4, -0.2) is 39.0 Å². The van der Waals surface area contributed by atoms with Crippen molar-refractivity contribution in [1.82, 2.24) is 15.0 Å². The summed E-state index contributed by atoms with van der Waals surface area (Å²) in [7, 11) is 0. The molecule has 2 aromatic carbocycles. The van der Waals surface area contributed by atoms with Gasteiger partial charge in [0.1, 0.15) is 0 Å². The third-order valence-corrected chi connectivity index (χ3v) is 6.09. The van der Waals surface area contributed by atoms with Gasteiger partial charge in [0.25, 0.3) is 5.69 Å². The topological polar surface area (TPSA) is 114 Å². The molecule has 9 nitrogen and oxygen atoms in total. The number of nitro groups is 1. The molecular formula is C22H22BrN5O4. The van der Waals surface area contributed by atoms with E-state index in [4.69, 9.17) is 4.52 Å². The van der Waals surface area contributed by atoms with Gasteiger partial charge in [-0.1, -0.05) is 27.2 Å². The molecule has 3 aromatic rings. The average molecular weight is 500 g/mol. The summed E-state index contributed by atoms with van der Waals surface area (Å²) in [5.74, 6) is 0.661. The minimum Gasteiger partial charge on any atom is -0.338 e. The normalized spacial score (nSPS) is 16.6. The smallest absolute Gasteiger partial charge is 0.274 e. The van der Waals surface area contributed by atoms with Crippen LogP contribution in [0.1, 0.15) is 24.3 Å². The molecule has 1 amide bonds. The Morgan fingerprint density at radius 2 is 2.09 bits per heavy atom. The molecule has 1 aromatic heterocycles. The van der Waals surface area contributed by atoms with Crippen LogP contribution < -0.4 is 5.32 Å². The summed E-state index contributed by atoms with van der Waals surface area (Å²) in [4.78, 5) is 30.2. The molecule has 10 heteroatoms. The Morgan fingerprint density at radius 1 is 1.31 bits per heavy atom. The molecule has 1 atom stereocenters. The number of rotatable bonds is 6. The maximum Gasteiger partial charge on any atom is 0.274 e. The molecule has 1 unspecified atom stereocenters. The average Bonchev–Trinajstić information content (AvgIpc) is 3.24. The molecule has 0 saturated carbocycles. The number of piperidine rings is 1. The van der Waals surface area contributed by atoms with Gasteiger partial charge in [0.05, 0.1) is 28.6 Å². The first-order valence-electron chi connectivity index (χ1n) is 10.3. The Kier molecular flexibility index (Phi) is 6.61. The minimum absolute atomic E-state index is 0.00829. The Labute approximate surface area is 193 Å². The molecule has 1 aliphatic heterocycles. The zero-order chi connectivity index (χ0) is 22.7. The molecule has 32 heavy (non-hydrogen) atoms. The number of likely N-dealkylation sites (tertiary alicyclic amines) is 1. The van der Waals surface area contributed by atoms with E-state index < -0.39 is 4.92 Å². The van der Waals surface area contributed by atoms with E-state index in [1.54, 1.807) is 19.1 Å². The largest absolute Gasteiger partial charge is 0.338 e. The van der Waals surface area contributed by atoms with Crippen molar-refractivity contribution in [3.8, 4) is 11.4 Å². The zero-order valence-electron chi connectivity index (χ0n) is 17.5. The lowest BCUT2D eigenvalue weighted by Gasteiger charge is -2.31. The summed E-state index contributed by atoms with van der Waals surface area (Å²) < 4.78 is 6.39. The van der Waals surface area contributed by atoms with E-state index in [1.165, 1.54) is 6.07 Å². The molecule has 1 saturated heterocycles. The van der Waals surface area contributed by atoms with Crippen molar-refractivity contribution in [2.45, 2.75) is 26.3 Å². The second kappa shape index (κ2) is 9.58. The van der Waals surface area contributed by atoms with E-state index in [9.17, 15) is 14.9 Å². The van der Waals surface area contributed by atoms with Crippen molar-refractivity contribution in [3.05, 3.63) is 68.5 Å². The number of nitrogens with zero attached hydrogens (tertiary/aromatic N) is 4. The number of aromatic nitrogens is 2. The van der Waals surface area contributed by atoms with Gasteiger partial charge in [0, 0.05) is 22.6 Å². The van der Waals surface area contributed by atoms with Gasteiger partial charge in [-0.15, -0.1) is 0 Å². The summed E-state index contributed by atoms with van der Waals surface area (Å²) in [6, 6.07) is 12.4. The second-order valence-electron chi connectivity index (χ2n) is 7.79. The summed E-state index contributed by atoms with van der Waals surface area (Å²) >= 11 is 3.41. The highest BCUT2D eigenvalue weighted by Crippen LogP contribution is 2.27. The van der Waals surface area contributed by atoms with E-state index in [0.29, 0.717) is 36.1 Å². The quantitative estimate of drug-likeness (QED) is 0.390. The van der Waals surface area contributed by atoms with Crippen molar-refractivity contribution in [3.63, 3.8) is 0 Å². The van der Waals surface area contributed by atoms with Gasteiger partial charge in [-0.2, -0.15) is 4.98 Å². The summed E-state index contributed by atoms with van der Waals surface area (Å²) in [5, 5.41) is 18.1. The number of amides is 1. The molecule has 166 valence electrons. The van der Waals surface area contributed by atoms with E-state index in [-0.39, 0.29) is 17.5 Å². The number of hydrogen-bond acceptors (Lipinski definition) is 7. The Balaban J connectivity index is 1.38. The number of nitrogens with one attached hydrogen (secondary N) is 1. The van der Waals surface area contributed by atoms with Crippen molar-refractivity contribution in [2.24, 2.45) is 5.92 Å². The molecule has 4 rings (SSSR count). The Bertz CT molecular complexity index is 1130. The van der Waals surface area contributed by atoms with Gasteiger partial charge in [-0.3, -0.25) is 19.8 Å². The van der Waals surface area contributed by atoms with Crippen LogP contribution in [-0.2, 0) is 11.3 Å². The van der Waals surface area contributed by atoms with Crippen LogP contribution in [0.25, 0.3) is 11.4 Å². The predicted molar refractivity (Wildman–Crippen MR) is 122 cm³/mol. The SMILES string of the molecule is Cc1c(NC(=O)C2CCCN(Cc3nc(-c4ccc(Br)cc4)no3)C2)cccc1[N+](=O)[O-]. The van der Waals surface area contributed by atoms with Gasteiger partial charge >= 0.3 is 0 Å². The molecule has 1 aliphatic rings. The second-order valence-corrected chi connectivity index (χ2v) is 8.70. The fourth-order valence-electron chi connectivity index (χ4n) is 3.83. The lowest BCUT2D eigenvalue weighted by Crippen LogP contribution is -2.40. The van der Waals surface area contributed by atoms with E-state index in [2.05, 4.69) is 36.3 Å². The number of carbonyl (C=O) groups is 1. The molecule has 1 fully saturated rings. The molecule has 0 spiro atoms. The number of hydrogen-bond donors (Lipinski definition) is 1.